The van der Waals surface area contributed by atoms with Crippen LogP contribution in [0.2, 0.25) is 0 Å². The predicted molar refractivity (Wildman–Crippen MR) is 56.3 cm³/mol. The molecule has 2 rings (SSSR count). The Morgan fingerprint density at radius 3 is 2.47 bits per heavy atom. The molecule has 3 heteroatoms. The fraction of sp³-hybridized carbons (Fsp3) is 0.500. The Hall–Kier alpha value is -1.22. The second-order valence-corrected chi connectivity index (χ2v) is 4.87. The van der Waals surface area contributed by atoms with Gasteiger partial charge in [-0.05, 0) is 17.7 Å². The average molecular weight is 205 g/mol. The van der Waals surface area contributed by atoms with Crippen molar-refractivity contribution in [1.29, 1.82) is 0 Å². The van der Waals surface area contributed by atoms with Crippen LogP contribution < -0.4 is 0 Å². The molecule has 0 aliphatic carbocycles. The molecule has 1 aromatic heterocycles. The van der Waals surface area contributed by atoms with Gasteiger partial charge in [0.1, 0.15) is 12.2 Å². The maximum absolute atomic E-state index is 11.9. The molecule has 1 fully saturated rings. The number of ether oxygens (including phenoxy) is 1. The van der Waals surface area contributed by atoms with Crippen molar-refractivity contribution in [2.75, 3.05) is 0 Å². The summed E-state index contributed by atoms with van der Waals surface area (Å²) in [6.07, 6.45) is 3.12. The smallest absolute Gasteiger partial charge is 0.169 e. The van der Waals surface area contributed by atoms with Crippen molar-refractivity contribution >= 4 is 5.78 Å². The monoisotopic (exact) mass is 205 g/mol. The van der Waals surface area contributed by atoms with E-state index >= 15 is 0 Å². The highest BCUT2D eigenvalue weighted by Gasteiger charge is 2.49. The summed E-state index contributed by atoms with van der Waals surface area (Å²) < 4.78 is 5.41. The summed E-state index contributed by atoms with van der Waals surface area (Å²) in [5.74, 6) is 0.171. The van der Waals surface area contributed by atoms with Crippen LogP contribution in [0.4, 0.5) is 0 Å². The highest BCUT2D eigenvalue weighted by molar-refractivity contribution is 5.90. The summed E-state index contributed by atoms with van der Waals surface area (Å²) in [5, 5.41) is 0. The highest BCUT2D eigenvalue weighted by Crippen LogP contribution is 2.42. The number of carbonyl (C=O) groups excluding carboxylic acids is 1. The summed E-state index contributed by atoms with van der Waals surface area (Å²) in [5.41, 5.74) is 0.708. The van der Waals surface area contributed by atoms with E-state index < -0.39 is 0 Å². The van der Waals surface area contributed by atoms with Gasteiger partial charge in [-0.2, -0.15) is 0 Å². The first-order valence-electron chi connectivity index (χ1n) is 5.10. The molecule has 80 valence electrons. The third kappa shape index (κ3) is 2.07. The fourth-order valence-electron chi connectivity index (χ4n) is 1.55. The Kier molecular flexibility index (Phi) is 2.35. The van der Waals surface area contributed by atoms with E-state index in [2.05, 4.69) is 4.98 Å². The summed E-state index contributed by atoms with van der Waals surface area (Å²) in [6, 6.07) is 3.78. The molecule has 1 aliphatic rings. The SMILES string of the molecule is CC(C)(C)C(=O)[C@@H]1O[C@@H]1c1ccncc1. The zero-order valence-corrected chi connectivity index (χ0v) is 9.23. The second-order valence-electron chi connectivity index (χ2n) is 4.87. The minimum atomic E-state index is -0.327. The summed E-state index contributed by atoms with van der Waals surface area (Å²) in [7, 11) is 0. The van der Waals surface area contributed by atoms with Crippen LogP contribution in [-0.4, -0.2) is 16.9 Å². The van der Waals surface area contributed by atoms with E-state index in [1.165, 1.54) is 0 Å². The molecule has 0 bridgehead atoms. The largest absolute Gasteiger partial charge is 0.356 e. The van der Waals surface area contributed by atoms with Crippen LogP contribution in [0.5, 0.6) is 0 Å². The normalized spacial score (nSPS) is 25.0. The molecule has 0 spiro atoms. The minimum Gasteiger partial charge on any atom is -0.356 e. The molecular formula is C12H15NO2. The molecule has 1 aliphatic heterocycles. The number of epoxide rings is 1. The molecule has 1 aromatic rings. The third-order valence-electron chi connectivity index (χ3n) is 2.52. The molecule has 0 saturated carbocycles. The number of aromatic nitrogens is 1. The maximum Gasteiger partial charge on any atom is 0.169 e. The molecular weight excluding hydrogens is 190 g/mol. The van der Waals surface area contributed by atoms with Crippen molar-refractivity contribution in [3.63, 3.8) is 0 Å². The number of hydrogen-bond donors (Lipinski definition) is 0. The van der Waals surface area contributed by atoms with Crippen molar-refractivity contribution < 1.29 is 9.53 Å². The van der Waals surface area contributed by atoms with Crippen molar-refractivity contribution in [1.82, 2.24) is 4.98 Å². The first-order valence-corrected chi connectivity index (χ1v) is 5.10. The molecule has 3 nitrogen and oxygen atoms in total. The predicted octanol–water partition coefficient (Wildman–Crippen LogP) is 2.14. The van der Waals surface area contributed by atoms with E-state index in [-0.39, 0.29) is 23.4 Å². The Balaban J connectivity index is 2.06. The topological polar surface area (TPSA) is 42.5 Å². The molecule has 0 amide bonds. The van der Waals surface area contributed by atoms with E-state index in [0.717, 1.165) is 5.56 Å². The van der Waals surface area contributed by atoms with E-state index in [1.807, 2.05) is 32.9 Å². The van der Waals surface area contributed by atoms with Gasteiger partial charge in [-0.15, -0.1) is 0 Å². The van der Waals surface area contributed by atoms with Gasteiger partial charge in [0, 0.05) is 17.8 Å². The average Bonchev–Trinajstić information content (AvgIpc) is 2.96. The van der Waals surface area contributed by atoms with Crippen LogP contribution in [0.15, 0.2) is 24.5 Å². The van der Waals surface area contributed by atoms with E-state index in [4.69, 9.17) is 4.74 Å². The summed E-state index contributed by atoms with van der Waals surface area (Å²) >= 11 is 0. The lowest BCUT2D eigenvalue weighted by Crippen LogP contribution is -2.25. The van der Waals surface area contributed by atoms with Crippen molar-refractivity contribution in [2.24, 2.45) is 5.41 Å². The molecule has 15 heavy (non-hydrogen) atoms. The Labute approximate surface area is 89.5 Å². The molecule has 0 radical (unpaired) electrons. The van der Waals surface area contributed by atoms with Gasteiger partial charge in [0.25, 0.3) is 0 Å². The van der Waals surface area contributed by atoms with Gasteiger partial charge in [-0.3, -0.25) is 9.78 Å². The van der Waals surface area contributed by atoms with Crippen molar-refractivity contribution in [3.8, 4) is 0 Å². The number of Topliss-reactive ketones (excluding diaryl/α,β-unsaturated/α-hetero) is 1. The van der Waals surface area contributed by atoms with Gasteiger partial charge in [0.2, 0.25) is 0 Å². The Morgan fingerprint density at radius 1 is 1.33 bits per heavy atom. The van der Waals surface area contributed by atoms with Crippen LogP contribution in [-0.2, 0) is 9.53 Å². The third-order valence-corrected chi connectivity index (χ3v) is 2.52. The fourth-order valence-corrected chi connectivity index (χ4v) is 1.55. The first kappa shape index (κ1) is 10.3. The number of nitrogens with zero attached hydrogens (tertiary/aromatic N) is 1. The lowest BCUT2D eigenvalue weighted by atomic mass is 9.87. The van der Waals surface area contributed by atoms with E-state index in [1.54, 1.807) is 12.4 Å². The second kappa shape index (κ2) is 3.42. The summed E-state index contributed by atoms with van der Waals surface area (Å²) in [6.45, 7) is 5.75. The number of rotatable bonds is 2. The van der Waals surface area contributed by atoms with Gasteiger partial charge >= 0.3 is 0 Å². The molecule has 0 aromatic carbocycles. The number of hydrogen-bond acceptors (Lipinski definition) is 3. The number of carbonyl (C=O) groups is 1. The quantitative estimate of drug-likeness (QED) is 0.695. The molecule has 0 N–H and O–H groups in total. The van der Waals surface area contributed by atoms with Crippen LogP contribution in [0.1, 0.15) is 32.4 Å². The minimum absolute atomic E-state index is 0.0558. The molecule has 2 heterocycles. The van der Waals surface area contributed by atoms with Crippen molar-refractivity contribution in [3.05, 3.63) is 30.1 Å². The highest BCUT2D eigenvalue weighted by atomic mass is 16.6. The number of ketones is 1. The van der Waals surface area contributed by atoms with Gasteiger partial charge in [-0.1, -0.05) is 20.8 Å². The van der Waals surface area contributed by atoms with Gasteiger partial charge in [-0.25, -0.2) is 0 Å². The summed E-state index contributed by atoms with van der Waals surface area (Å²) in [4.78, 5) is 15.8. The van der Waals surface area contributed by atoms with Crippen LogP contribution in [0.25, 0.3) is 0 Å². The Morgan fingerprint density at radius 2 is 1.93 bits per heavy atom. The van der Waals surface area contributed by atoms with Gasteiger partial charge in [0.15, 0.2) is 5.78 Å². The van der Waals surface area contributed by atoms with Gasteiger partial charge in [0.05, 0.1) is 0 Å². The first-order chi connectivity index (χ1) is 7.00. The Bertz CT molecular complexity index is 367. The maximum atomic E-state index is 11.9. The van der Waals surface area contributed by atoms with Crippen molar-refractivity contribution in [2.45, 2.75) is 33.0 Å². The molecule has 2 atom stereocenters. The zero-order chi connectivity index (χ0) is 11.1. The van der Waals surface area contributed by atoms with E-state index in [9.17, 15) is 4.79 Å². The molecule has 1 saturated heterocycles. The lowest BCUT2D eigenvalue weighted by Gasteiger charge is -2.14. The number of pyridine rings is 1. The van der Waals surface area contributed by atoms with E-state index in [0.29, 0.717) is 0 Å². The molecule has 0 unspecified atom stereocenters. The standard InChI is InChI=1S/C12H15NO2/c1-12(2,3)11(14)10-9(15-10)8-4-6-13-7-5-8/h4-7,9-10H,1-3H3/t9-,10-/m1/s1. The lowest BCUT2D eigenvalue weighted by molar-refractivity contribution is -0.127. The van der Waals surface area contributed by atoms with Crippen LogP contribution in [0.3, 0.4) is 0 Å². The zero-order valence-electron chi connectivity index (χ0n) is 9.23. The van der Waals surface area contributed by atoms with Crippen LogP contribution in [0, 0.1) is 5.41 Å². The van der Waals surface area contributed by atoms with Gasteiger partial charge < -0.3 is 4.74 Å². The van der Waals surface area contributed by atoms with Crippen LogP contribution >= 0.6 is 0 Å².